The van der Waals surface area contributed by atoms with Gasteiger partial charge in [0, 0.05) is 36.6 Å². The quantitative estimate of drug-likeness (QED) is 0.513. The molecule has 0 bridgehead atoms. The molecular weight excluding hydrogens is 443 g/mol. The van der Waals surface area contributed by atoms with Gasteiger partial charge >= 0.3 is 6.18 Å². The van der Waals surface area contributed by atoms with Crippen LogP contribution in [0, 0.1) is 5.92 Å². The smallest absolute Gasteiger partial charge is 0.390 e. The van der Waals surface area contributed by atoms with Gasteiger partial charge in [-0.05, 0) is 70.1 Å². The molecule has 4 rings (SSSR count). The molecule has 0 aromatic carbocycles. The van der Waals surface area contributed by atoms with Crippen LogP contribution < -0.4 is 0 Å². The molecule has 2 atom stereocenters. The SMILES string of the molecule is CC(=O)c1cc(C2CCOCC2)n2cccc(Cl)c12.CCC1(O)CCCC(C(F)(F)F)C1. The number of pyridine rings is 1. The van der Waals surface area contributed by atoms with E-state index in [2.05, 4.69) is 4.40 Å². The summed E-state index contributed by atoms with van der Waals surface area (Å²) >= 11 is 6.26. The average molecular weight is 474 g/mol. The van der Waals surface area contributed by atoms with Crippen LogP contribution in [0.4, 0.5) is 13.2 Å². The van der Waals surface area contributed by atoms with Gasteiger partial charge in [0.25, 0.3) is 0 Å². The highest BCUT2D eigenvalue weighted by atomic mass is 35.5. The number of rotatable bonds is 3. The Kier molecular flexibility index (Phi) is 7.94. The van der Waals surface area contributed by atoms with Crippen LogP contribution in [0.1, 0.15) is 80.8 Å². The van der Waals surface area contributed by atoms with Crippen LogP contribution in [0.3, 0.4) is 0 Å². The standard InChI is InChI=1S/C15H16ClNO2.C9H15F3O/c1-10(18)12-9-14(11-4-7-19-8-5-11)17-6-2-3-13(16)15(12)17;1-2-8(13)5-3-4-7(6-8)9(10,11)12/h2-3,6,9,11H,4-5,7-8H2,1H3;7,13H,2-6H2,1H3. The molecule has 2 fully saturated rings. The van der Waals surface area contributed by atoms with E-state index < -0.39 is 17.7 Å². The van der Waals surface area contributed by atoms with E-state index in [0.29, 0.717) is 35.8 Å². The second-order valence-electron chi connectivity index (χ2n) is 8.91. The van der Waals surface area contributed by atoms with E-state index >= 15 is 0 Å². The van der Waals surface area contributed by atoms with Crippen molar-refractivity contribution in [1.29, 1.82) is 0 Å². The molecule has 178 valence electrons. The summed E-state index contributed by atoms with van der Waals surface area (Å²) in [5.41, 5.74) is 1.65. The topological polar surface area (TPSA) is 50.9 Å². The van der Waals surface area contributed by atoms with Gasteiger partial charge in [-0.25, -0.2) is 0 Å². The van der Waals surface area contributed by atoms with Crippen molar-refractivity contribution in [2.45, 2.75) is 76.5 Å². The molecule has 3 heterocycles. The van der Waals surface area contributed by atoms with Gasteiger partial charge in [-0.15, -0.1) is 0 Å². The molecule has 2 unspecified atom stereocenters. The summed E-state index contributed by atoms with van der Waals surface area (Å²) in [6.45, 7) is 4.90. The number of carbonyl (C=O) groups is 1. The minimum Gasteiger partial charge on any atom is -0.390 e. The Bertz CT molecular complexity index is 936. The number of nitrogens with zero attached hydrogens (tertiary/aromatic N) is 1. The maximum Gasteiger partial charge on any atom is 0.391 e. The van der Waals surface area contributed by atoms with Crippen molar-refractivity contribution in [2.24, 2.45) is 5.92 Å². The fourth-order valence-electron chi connectivity index (χ4n) is 4.76. The van der Waals surface area contributed by atoms with Crippen molar-refractivity contribution >= 4 is 22.9 Å². The van der Waals surface area contributed by atoms with Crippen LogP contribution >= 0.6 is 11.6 Å². The zero-order chi connectivity index (χ0) is 23.5. The van der Waals surface area contributed by atoms with Gasteiger partial charge in [-0.1, -0.05) is 18.5 Å². The minimum absolute atomic E-state index is 0.0592. The van der Waals surface area contributed by atoms with Crippen LogP contribution in [0.2, 0.25) is 5.02 Å². The summed E-state index contributed by atoms with van der Waals surface area (Å²) in [5.74, 6) is -0.803. The largest absolute Gasteiger partial charge is 0.391 e. The zero-order valence-corrected chi connectivity index (χ0v) is 19.3. The van der Waals surface area contributed by atoms with Crippen molar-refractivity contribution in [3.05, 3.63) is 40.7 Å². The summed E-state index contributed by atoms with van der Waals surface area (Å²) in [4.78, 5) is 11.8. The summed E-state index contributed by atoms with van der Waals surface area (Å²) in [6.07, 6.45) is 1.30. The van der Waals surface area contributed by atoms with Gasteiger partial charge in [-0.3, -0.25) is 4.79 Å². The molecule has 2 aliphatic rings. The highest BCUT2D eigenvalue weighted by Crippen LogP contribution is 2.42. The lowest BCUT2D eigenvalue weighted by Crippen LogP contribution is -2.39. The van der Waals surface area contributed by atoms with Crippen molar-refractivity contribution in [3.63, 3.8) is 0 Å². The van der Waals surface area contributed by atoms with E-state index in [1.54, 1.807) is 13.8 Å². The third-order valence-electron chi connectivity index (χ3n) is 6.73. The number of hydrogen-bond acceptors (Lipinski definition) is 3. The highest BCUT2D eigenvalue weighted by molar-refractivity contribution is 6.34. The summed E-state index contributed by atoms with van der Waals surface area (Å²) in [7, 11) is 0. The first-order chi connectivity index (χ1) is 15.1. The second kappa shape index (κ2) is 10.1. The number of fused-ring (bicyclic) bond motifs is 1. The van der Waals surface area contributed by atoms with E-state index in [-0.39, 0.29) is 18.6 Å². The number of ketones is 1. The minimum atomic E-state index is -4.14. The van der Waals surface area contributed by atoms with Crippen LogP contribution in [0.15, 0.2) is 24.4 Å². The lowest BCUT2D eigenvalue weighted by atomic mass is 9.76. The highest BCUT2D eigenvalue weighted by Gasteiger charge is 2.46. The van der Waals surface area contributed by atoms with Gasteiger partial charge in [0.2, 0.25) is 0 Å². The number of carbonyl (C=O) groups excluding carboxylic acids is 1. The van der Waals surface area contributed by atoms with Crippen molar-refractivity contribution in [3.8, 4) is 0 Å². The van der Waals surface area contributed by atoms with Crippen molar-refractivity contribution in [1.82, 2.24) is 4.40 Å². The monoisotopic (exact) mass is 473 g/mol. The van der Waals surface area contributed by atoms with Crippen LogP contribution in [0.25, 0.3) is 5.52 Å². The molecule has 0 spiro atoms. The Morgan fingerprint density at radius 1 is 1.31 bits per heavy atom. The second-order valence-corrected chi connectivity index (χ2v) is 9.32. The fraction of sp³-hybridized carbons (Fsp3) is 0.625. The number of alkyl halides is 3. The van der Waals surface area contributed by atoms with E-state index in [0.717, 1.165) is 31.6 Å². The summed E-state index contributed by atoms with van der Waals surface area (Å²) in [6, 6.07) is 5.75. The van der Waals surface area contributed by atoms with Crippen molar-refractivity contribution < 1.29 is 27.8 Å². The predicted molar refractivity (Wildman–Crippen MR) is 118 cm³/mol. The van der Waals surface area contributed by atoms with Gasteiger partial charge in [0.1, 0.15) is 0 Å². The number of aromatic nitrogens is 1. The Morgan fingerprint density at radius 2 is 2.00 bits per heavy atom. The number of halogens is 4. The predicted octanol–water partition coefficient (Wildman–Crippen LogP) is 6.57. The van der Waals surface area contributed by atoms with Crippen LogP contribution in [0.5, 0.6) is 0 Å². The summed E-state index contributed by atoms with van der Waals surface area (Å²) < 4.78 is 44.4. The number of Topliss-reactive ketones (excluding diaryl/α,β-unsaturated/α-hetero) is 1. The Morgan fingerprint density at radius 3 is 2.59 bits per heavy atom. The lowest BCUT2D eigenvalue weighted by molar-refractivity contribution is -0.200. The van der Waals surface area contributed by atoms with E-state index in [9.17, 15) is 23.1 Å². The van der Waals surface area contributed by atoms with Crippen molar-refractivity contribution in [2.75, 3.05) is 13.2 Å². The fourth-order valence-corrected chi connectivity index (χ4v) is 5.02. The van der Waals surface area contributed by atoms with Gasteiger partial charge in [-0.2, -0.15) is 13.2 Å². The zero-order valence-electron chi connectivity index (χ0n) is 18.6. The number of ether oxygens (including phenoxy) is 1. The number of hydrogen-bond donors (Lipinski definition) is 1. The molecule has 8 heteroatoms. The molecule has 1 saturated heterocycles. The van der Waals surface area contributed by atoms with Crippen LogP contribution in [-0.4, -0.2) is 40.3 Å². The molecular formula is C24H31ClF3NO3. The lowest BCUT2D eigenvalue weighted by Gasteiger charge is -2.36. The first kappa shape index (κ1) is 25.1. The number of aliphatic hydroxyl groups is 1. The maximum absolute atomic E-state index is 12.3. The van der Waals surface area contributed by atoms with Gasteiger partial charge in [0.05, 0.1) is 22.1 Å². The first-order valence-electron chi connectivity index (χ1n) is 11.2. The Hall–Kier alpha value is -1.57. The van der Waals surface area contributed by atoms with Gasteiger partial charge < -0.3 is 14.2 Å². The third-order valence-corrected chi connectivity index (χ3v) is 7.04. The molecule has 1 aliphatic carbocycles. The normalized spacial score (nSPS) is 24.8. The molecule has 0 amide bonds. The first-order valence-corrected chi connectivity index (χ1v) is 11.6. The molecule has 0 radical (unpaired) electrons. The molecule has 1 saturated carbocycles. The summed E-state index contributed by atoms with van der Waals surface area (Å²) in [5, 5.41) is 10.3. The third kappa shape index (κ3) is 5.67. The maximum atomic E-state index is 12.3. The molecule has 1 N–H and O–H groups in total. The molecule has 1 aliphatic heterocycles. The van der Waals surface area contributed by atoms with E-state index in [1.807, 2.05) is 24.4 Å². The molecule has 2 aromatic rings. The molecule has 32 heavy (non-hydrogen) atoms. The van der Waals surface area contributed by atoms with E-state index in [1.165, 1.54) is 5.69 Å². The molecule has 2 aromatic heterocycles. The van der Waals surface area contributed by atoms with Crippen LogP contribution in [-0.2, 0) is 4.74 Å². The molecule has 4 nitrogen and oxygen atoms in total. The Balaban J connectivity index is 0.000000195. The average Bonchev–Trinajstić information content (AvgIpc) is 3.16. The Labute approximate surface area is 191 Å². The van der Waals surface area contributed by atoms with E-state index in [4.69, 9.17) is 16.3 Å². The van der Waals surface area contributed by atoms with Gasteiger partial charge in [0.15, 0.2) is 5.78 Å².